The summed E-state index contributed by atoms with van der Waals surface area (Å²) in [7, 11) is 0. The second kappa shape index (κ2) is 11.1. The molecule has 1 aromatic carbocycles. The van der Waals surface area contributed by atoms with Gasteiger partial charge in [-0.2, -0.15) is 5.10 Å². The van der Waals surface area contributed by atoms with Crippen LogP contribution in [0.25, 0.3) is 11.0 Å². The van der Waals surface area contributed by atoms with Crippen LogP contribution in [0.3, 0.4) is 0 Å². The molecule has 0 bridgehead atoms. The van der Waals surface area contributed by atoms with Crippen LogP contribution in [-0.4, -0.2) is 57.7 Å². The van der Waals surface area contributed by atoms with Crippen molar-refractivity contribution in [3.63, 3.8) is 0 Å². The Labute approximate surface area is 187 Å². The van der Waals surface area contributed by atoms with Gasteiger partial charge in [-0.15, -0.1) is 0 Å². The first-order chi connectivity index (χ1) is 15.0. The molecule has 0 unspecified atom stereocenters. The first-order valence-electron chi connectivity index (χ1n) is 10.6. The summed E-state index contributed by atoms with van der Waals surface area (Å²) >= 11 is 1.58. The van der Waals surface area contributed by atoms with Crippen LogP contribution in [0.5, 0.6) is 0 Å². The van der Waals surface area contributed by atoms with E-state index >= 15 is 0 Å². The number of nitrogens with one attached hydrogen (secondary N) is 2. The lowest BCUT2D eigenvalue weighted by molar-refractivity contribution is 0.0952. The molecule has 0 aliphatic heterocycles. The molecule has 166 valence electrons. The molecule has 31 heavy (non-hydrogen) atoms. The van der Waals surface area contributed by atoms with Crippen LogP contribution in [0, 0.1) is 13.8 Å². The van der Waals surface area contributed by atoms with Gasteiger partial charge in [-0.05, 0) is 38.7 Å². The van der Waals surface area contributed by atoms with Crippen molar-refractivity contribution in [3.05, 3.63) is 41.1 Å². The van der Waals surface area contributed by atoms with Crippen molar-refractivity contribution in [3.8, 4) is 0 Å². The Bertz CT molecular complexity index is 1020. The molecule has 1 amide bonds. The minimum Gasteiger partial charge on any atom is -0.380 e. The molecule has 0 aliphatic rings. The van der Waals surface area contributed by atoms with Crippen molar-refractivity contribution in [2.24, 2.45) is 0 Å². The van der Waals surface area contributed by atoms with Gasteiger partial charge in [0.25, 0.3) is 5.91 Å². The maximum atomic E-state index is 12.5. The zero-order chi connectivity index (χ0) is 22.2. The lowest BCUT2D eigenvalue weighted by Gasteiger charge is -2.10. The molecule has 3 aromatic rings. The zero-order valence-electron chi connectivity index (χ0n) is 18.6. The summed E-state index contributed by atoms with van der Waals surface area (Å²) in [5, 5.41) is 12.4. The summed E-state index contributed by atoms with van der Waals surface area (Å²) in [5.74, 6) is 1.55. The molecule has 0 aliphatic carbocycles. The quantitative estimate of drug-likeness (QED) is 0.267. The number of hydrogen-bond acceptors (Lipinski definition) is 7. The topological polar surface area (TPSA) is 94.0 Å². The molecular weight excluding hydrogens is 412 g/mol. The second-order valence-electron chi connectivity index (χ2n) is 7.15. The van der Waals surface area contributed by atoms with Crippen molar-refractivity contribution in [2.75, 3.05) is 37.4 Å². The molecule has 0 saturated heterocycles. The highest BCUT2D eigenvalue weighted by Crippen LogP contribution is 2.24. The number of carbonyl (C=O) groups is 1. The number of benzene rings is 1. The standard InChI is InChI=1S/C22H30N6O2S/c1-5-30-10-8-23-19-18-14-25-28(20(18)27-22(26-19)31-6-2)9-7-24-21(29)17-12-15(3)11-16(4)13-17/h11-14H,5-10H2,1-4H3,(H,24,29)(H,23,26,27). The third kappa shape index (κ3) is 6.18. The Balaban J connectivity index is 1.71. The van der Waals surface area contributed by atoms with E-state index in [0.29, 0.717) is 43.6 Å². The van der Waals surface area contributed by atoms with Crippen LogP contribution in [-0.2, 0) is 11.3 Å². The first kappa shape index (κ1) is 23.0. The van der Waals surface area contributed by atoms with Crippen molar-refractivity contribution in [1.29, 1.82) is 0 Å². The van der Waals surface area contributed by atoms with Crippen LogP contribution in [0.4, 0.5) is 5.82 Å². The van der Waals surface area contributed by atoms with Crippen LogP contribution in [0.15, 0.2) is 29.6 Å². The molecular formula is C22H30N6O2S. The number of carbonyl (C=O) groups excluding carboxylic acids is 1. The maximum absolute atomic E-state index is 12.5. The third-order valence-corrected chi connectivity index (χ3v) is 5.31. The van der Waals surface area contributed by atoms with Crippen LogP contribution in [0.2, 0.25) is 0 Å². The van der Waals surface area contributed by atoms with Crippen molar-refractivity contribution >= 4 is 34.5 Å². The van der Waals surface area contributed by atoms with E-state index in [2.05, 4.69) is 38.7 Å². The number of aromatic nitrogens is 4. The number of nitrogens with zero attached hydrogens (tertiary/aromatic N) is 4. The summed E-state index contributed by atoms with van der Waals surface area (Å²) < 4.78 is 7.22. The molecule has 0 saturated carbocycles. The Morgan fingerprint density at radius 2 is 1.90 bits per heavy atom. The largest absolute Gasteiger partial charge is 0.380 e. The van der Waals surface area contributed by atoms with Crippen molar-refractivity contribution < 1.29 is 9.53 Å². The lowest BCUT2D eigenvalue weighted by Crippen LogP contribution is -2.27. The van der Waals surface area contributed by atoms with E-state index in [9.17, 15) is 4.79 Å². The highest BCUT2D eigenvalue weighted by molar-refractivity contribution is 7.99. The predicted octanol–water partition coefficient (Wildman–Crippen LogP) is 3.43. The summed E-state index contributed by atoms with van der Waals surface area (Å²) in [6, 6.07) is 5.85. The van der Waals surface area contributed by atoms with Gasteiger partial charge in [-0.25, -0.2) is 14.6 Å². The number of rotatable bonds is 11. The number of anilines is 1. The second-order valence-corrected chi connectivity index (χ2v) is 8.38. The number of hydrogen-bond donors (Lipinski definition) is 2. The van der Waals surface area contributed by atoms with Crippen LogP contribution in [0.1, 0.15) is 35.3 Å². The van der Waals surface area contributed by atoms with Crippen LogP contribution < -0.4 is 10.6 Å². The fourth-order valence-corrected chi connectivity index (χ4v) is 3.86. The molecule has 9 heteroatoms. The van der Waals surface area contributed by atoms with Gasteiger partial charge >= 0.3 is 0 Å². The molecule has 0 radical (unpaired) electrons. The maximum Gasteiger partial charge on any atom is 0.251 e. The van der Waals surface area contributed by atoms with Gasteiger partial charge in [0.1, 0.15) is 5.82 Å². The highest BCUT2D eigenvalue weighted by atomic mass is 32.2. The minimum atomic E-state index is -0.0848. The van der Waals surface area contributed by atoms with Gasteiger partial charge in [0.05, 0.1) is 24.7 Å². The van der Waals surface area contributed by atoms with E-state index in [0.717, 1.165) is 33.7 Å². The van der Waals surface area contributed by atoms with Gasteiger partial charge in [0, 0.05) is 25.3 Å². The normalized spacial score (nSPS) is 11.1. The molecule has 0 spiro atoms. The van der Waals surface area contributed by atoms with E-state index in [1.54, 1.807) is 18.0 Å². The lowest BCUT2D eigenvalue weighted by atomic mass is 10.1. The number of thioether (sulfide) groups is 1. The van der Waals surface area contributed by atoms with Gasteiger partial charge in [-0.1, -0.05) is 35.9 Å². The van der Waals surface area contributed by atoms with Gasteiger partial charge in [0.2, 0.25) is 0 Å². The van der Waals surface area contributed by atoms with Gasteiger partial charge in [0.15, 0.2) is 10.8 Å². The summed E-state index contributed by atoms with van der Waals surface area (Å²) in [5.41, 5.74) is 3.58. The summed E-state index contributed by atoms with van der Waals surface area (Å²) in [6.07, 6.45) is 1.77. The Morgan fingerprint density at radius 1 is 1.13 bits per heavy atom. The van der Waals surface area contributed by atoms with Gasteiger partial charge < -0.3 is 15.4 Å². The predicted molar refractivity (Wildman–Crippen MR) is 125 cm³/mol. The van der Waals surface area contributed by atoms with Crippen molar-refractivity contribution in [2.45, 2.75) is 39.4 Å². The summed E-state index contributed by atoms with van der Waals surface area (Å²) in [6.45, 7) is 11.0. The number of ether oxygens (including phenoxy) is 1. The molecule has 2 aromatic heterocycles. The third-order valence-electron chi connectivity index (χ3n) is 4.59. The molecule has 0 fully saturated rings. The Hall–Kier alpha value is -2.65. The highest BCUT2D eigenvalue weighted by Gasteiger charge is 2.14. The SMILES string of the molecule is CCOCCNc1nc(SCC)nc2c1cnn2CCNC(=O)c1cc(C)cc(C)c1. The molecule has 2 heterocycles. The first-order valence-corrected chi connectivity index (χ1v) is 11.5. The average molecular weight is 443 g/mol. The number of fused-ring (bicyclic) bond motifs is 1. The van der Waals surface area contributed by atoms with E-state index < -0.39 is 0 Å². The van der Waals surface area contributed by atoms with E-state index in [4.69, 9.17) is 4.74 Å². The minimum absolute atomic E-state index is 0.0848. The van der Waals surface area contributed by atoms with Gasteiger partial charge in [-0.3, -0.25) is 4.79 Å². The van der Waals surface area contributed by atoms with E-state index in [-0.39, 0.29) is 5.91 Å². The number of amides is 1. The fourth-order valence-electron chi connectivity index (χ4n) is 3.30. The number of aryl methyl sites for hydroxylation is 2. The molecule has 0 atom stereocenters. The Morgan fingerprint density at radius 3 is 2.61 bits per heavy atom. The molecule has 8 nitrogen and oxygen atoms in total. The molecule has 3 rings (SSSR count). The summed E-state index contributed by atoms with van der Waals surface area (Å²) in [4.78, 5) is 21.8. The monoisotopic (exact) mass is 442 g/mol. The average Bonchev–Trinajstić information content (AvgIpc) is 3.13. The van der Waals surface area contributed by atoms with E-state index in [1.807, 2.05) is 37.6 Å². The van der Waals surface area contributed by atoms with E-state index in [1.165, 1.54) is 0 Å². The van der Waals surface area contributed by atoms with Crippen LogP contribution >= 0.6 is 11.8 Å². The molecule has 2 N–H and O–H groups in total. The van der Waals surface area contributed by atoms with Crippen molar-refractivity contribution in [1.82, 2.24) is 25.1 Å². The zero-order valence-corrected chi connectivity index (χ0v) is 19.4. The fraction of sp³-hybridized carbons (Fsp3) is 0.455. The smallest absolute Gasteiger partial charge is 0.251 e. The Kier molecular flexibility index (Phi) is 8.25.